The van der Waals surface area contributed by atoms with Crippen LogP contribution in [0, 0.1) is 3.57 Å². The molecule has 0 aliphatic carbocycles. The van der Waals surface area contributed by atoms with Gasteiger partial charge in [0.25, 0.3) is 0 Å². The fourth-order valence-electron chi connectivity index (χ4n) is 2.13. The lowest BCUT2D eigenvalue weighted by Gasteiger charge is -2.24. The molecule has 1 aromatic carbocycles. The Bertz CT molecular complexity index is 402. The molecular weight excluding hydrogens is 327 g/mol. The van der Waals surface area contributed by atoms with Gasteiger partial charge >= 0.3 is 6.03 Å². The number of carbonyl (C=O) groups is 1. The molecule has 0 atom stereocenters. The largest absolute Gasteiger partial charge is 0.325 e. The summed E-state index contributed by atoms with van der Waals surface area (Å²) in [7, 11) is 1.88. The minimum Gasteiger partial charge on any atom is -0.325 e. The van der Waals surface area contributed by atoms with Gasteiger partial charge in [0, 0.05) is 30.3 Å². The quantitative estimate of drug-likeness (QED) is 0.757. The zero-order valence-corrected chi connectivity index (χ0v) is 12.2. The minimum absolute atomic E-state index is 0.154. The molecule has 0 radical (unpaired) electrons. The molecule has 0 saturated carbocycles. The summed E-state index contributed by atoms with van der Waals surface area (Å²) in [5.41, 5.74) is 1.19. The first-order valence-electron chi connectivity index (χ1n) is 5.91. The van der Waals surface area contributed by atoms with Crippen LogP contribution in [-0.2, 0) is 6.54 Å². The zero-order chi connectivity index (χ0) is 12.3. The maximum Gasteiger partial charge on any atom is 0.320 e. The monoisotopic (exact) mass is 344 g/mol. The number of benzene rings is 1. The summed E-state index contributed by atoms with van der Waals surface area (Å²) in [5.74, 6) is 0. The lowest BCUT2D eigenvalue weighted by atomic mass is 10.2. The standard InChI is InChI=1S/C13H17IN2O/c1-15(13(17)16-7-2-3-8-16)10-11-5-4-6-12(14)9-11/h4-6,9H,2-3,7-8,10H2,1H3. The van der Waals surface area contributed by atoms with Gasteiger partial charge in [-0.05, 0) is 53.1 Å². The van der Waals surface area contributed by atoms with Crippen LogP contribution in [-0.4, -0.2) is 36.0 Å². The molecule has 1 fully saturated rings. The maximum atomic E-state index is 12.1. The van der Waals surface area contributed by atoms with E-state index in [0.717, 1.165) is 25.9 Å². The Labute approximate surface area is 116 Å². The average Bonchev–Trinajstić information content (AvgIpc) is 2.81. The van der Waals surface area contributed by atoms with Crippen molar-refractivity contribution in [3.63, 3.8) is 0 Å². The second kappa shape index (κ2) is 5.71. The number of likely N-dealkylation sites (tertiary alicyclic amines) is 1. The fraction of sp³-hybridized carbons (Fsp3) is 0.462. The van der Waals surface area contributed by atoms with Crippen molar-refractivity contribution in [2.45, 2.75) is 19.4 Å². The van der Waals surface area contributed by atoms with Crippen LogP contribution < -0.4 is 0 Å². The number of amides is 2. The maximum absolute atomic E-state index is 12.1. The number of urea groups is 1. The second-order valence-electron chi connectivity index (χ2n) is 4.46. The van der Waals surface area contributed by atoms with E-state index < -0.39 is 0 Å². The van der Waals surface area contributed by atoms with Crippen LogP contribution in [0.2, 0.25) is 0 Å². The van der Waals surface area contributed by atoms with Gasteiger partial charge in [0.1, 0.15) is 0 Å². The highest BCUT2D eigenvalue weighted by Gasteiger charge is 2.21. The number of nitrogens with zero attached hydrogens (tertiary/aromatic N) is 2. The molecular formula is C13H17IN2O. The summed E-state index contributed by atoms with van der Waals surface area (Å²) >= 11 is 2.29. The van der Waals surface area contributed by atoms with Crippen molar-refractivity contribution < 1.29 is 4.79 Å². The minimum atomic E-state index is 0.154. The Kier molecular flexibility index (Phi) is 4.25. The normalized spacial score (nSPS) is 15.1. The fourth-order valence-corrected chi connectivity index (χ4v) is 2.73. The van der Waals surface area contributed by atoms with E-state index in [1.807, 2.05) is 18.0 Å². The molecule has 2 amide bonds. The van der Waals surface area contributed by atoms with Crippen molar-refractivity contribution in [1.29, 1.82) is 0 Å². The first kappa shape index (κ1) is 12.7. The van der Waals surface area contributed by atoms with E-state index >= 15 is 0 Å². The molecule has 0 spiro atoms. The third-order valence-corrected chi connectivity index (χ3v) is 3.68. The topological polar surface area (TPSA) is 23.6 Å². The van der Waals surface area contributed by atoms with Crippen molar-refractivity contribution in [3.05, 3.63) is 33.4 Å². The highest BCUT2D eigenvalue weighted by Crippen LogP contribution is 2.13. The molecule has 0 bridgehead atoms. The molecule has 3 nitrogen and oxygen atoms in total. The lowest BCUT2D eigenvalue weighted by molar-refractivity contribution is 0.171. The van der Waals surface area contributed by atoms with Crippen molar-refractivity contribution in [2.24, 2.45) is 0 Å². The number of halogens is 1. The van der Waals surface area contributed by atoms with E-state index in [1.165, 1.54) is 9.13 Å². The van der Waals surface area contributed by atoms with Crippen LogP contribution in [0.3, 0.4) is 0 Å². The van der Waals surface area contributed by atoms with Gasteiger partial charge in [-0.2, -0.15) is 0 Å². The Morgan fingerprint density at radius 3 is 2.76 bits per heavy atom. The van der Waals surface area contributed by atoms with Gasteiger partial charge in [0.15, 0.2) is 0 Å². The first-order chi connectivity index (χ1) is 8.16. The van der Waals surface area contributed by atoms with Crippen molar-refractivity contribution in [3.8, 4) is 0 Å². The van der Waals surface area contributed by atoms with Gasteiger partial charge < -0.3 is 9.80 Å². The average molecular weight is 344 g/mol. The SMILES string of the molecule is CN(Cc1cccc(I)c1)C(=O)N1CCCC1. The third-order valence-electron chi connectivity index (χ3n) is 3.01. The predicted octanol–water partition coefficient (Wildman–Crippen LogP) is 2.94. The van der Waals surface area contributed by atoms with Crippen molar-refractivity contribution >= 4 is 28.6 Å². The van der Waals surface area contributed by atoms with Crippen LogP contribution in [0.15, 0.2) is 24.3 Å². The Hall–Kier alpha value is -0.780. The number of hydrogen-bond acceptors (Lipinski definition) is 1. The van der Waals surface area contributed by atoms with Gasteiger partial charge in [-0.25, -0.2) is 4.79 Å². The number of hydrogen-bond donors (Lipinski definition) is 0. The zero-order valence-electron chi connectivity index (χ0n) is 10.0. The van der Waals surface area contributed by atoms with Gasteiger partial charge in [-0.3, -0.25) is 0 Å². The summed E-state index contributed by atoms with van der Waals surface area (Å²) in [6.45, 7) is 2.51. The summed E-state index contributed by atoms with van der Waals surface area (Å²) in [5, 5.41) is 0. The molecule has 1 saturated heterocycles. The molecule has 1 aromatic rings. The first-order valence-corrected chi connectivity index (χ1v) is 6.99. The molecule has 0 N–H and O–H groups in total. The third kappa shape index (κ3) is 3.34. The molecule has 1 heterocycles. The second-order valence-corrected chi connectivity index (χ2v) is 5.71. The van der Waals surface area contributed by atoms with Crippen LogP contribution in [0.4, 0.5) is 4.79 Å². The Morgan fingerprint density at radius 1 is 1.41 bits per heavy atom. The van der Waals surface area contributed by atoms with E-state index in [4.69, 9.17) is 0 Å². The van der Waals surface area contributed by atoms with Crippen LogP contribution in [0.1, 0.15) is 18.4 Å². The van der Waals surface area contributed by atoms with Crippen LogP contribution in [0.5, 0.6) is 0 Å². The van der Waals surface area contributed by atoms with E-state index in [-0.39, 0.29) is 6.03 Å². The summed E-state index contributed by atoms with van der Waals surface area (Å²) in [4.78, 5) is 15.8. The van der Waals surface area contributed by atoms with Gasteiger partial charge in [0.2, 0.25) is 0 Å². The van der Waals surface area contributed by atoms with Gasteiger partial charge in [-0.1, -0.05) is 12.1 Å². The van der Waals surface area contributed by atoms with E-state index in [0.29, 0.717) is 6.54 Å². The molecule has 2 rings (SSSR count). The van der Waals surface area contributed by atoms with Crippen LogP contribution in [0.25, 0.3) is 0 Å². The lowest BCUT2D eigenvalue weighted by Crippen LogP contribution is -2.38. The molecule has 0 unspecified atom stereocenters. The van der Waals surface area contributed by atoms with Gasteiger partial charge in [0.05, 0.1) is 0 Å². The van der Waals surface area contributed by atoms with Crippen LogP contribution >= 0.6 is 22.6 Å². The van der Waals surface area contributed by atoms with E-state index in [2.05, 4.69) is 40.8 Å². The molecule has 0 aromatic heterocycles. The Balaban J connectivity index is 1.96. The van der Waals surface area contributed by atoms with E-state index in [1.54, 1.807) is 4.90 Å². The summed E-state index contributed by atoms with van der Waals surface area (Å²) in [6, 6.07) is 8.43. The highest BCUT2D eigenvalue weighted by molar-refractivity contribution is 14.1. The number of carbonyl (C=O) groups excluding carboxylic acids is 1. The summed E-state index contributed by atoms with van der Waals surface area (Å²) < 4.78 is 1.21. The van der Waals surface area contributed by atoms with E-state index in [9.17, 15) is 4.79 Å². The van der Waals surface area contributed by atoms with Crippen molar-refractivity contribution in [2.75, 3.05) is 20.1 Å². The smallest absolute Gasteiger partial charge is 0.320 e. The molecule has 1 aliphatic rings. The Morgan fingerprint density at radius 2 is 2.12 bits per heavy atom. The highest BCUT2D eigenvalue weighted by atomic mass is 127. The summed E-state index contributed by atoms with van der Waals surface area (Å²) in [6.07, 6.45) is 2.28. The molecule has 1 aliphatic heterocycles. The van der Waals surface area contributed by atoms with Gasteiger partial charge in [-0.15, -0.1) is 0 Å². The number of rotatable bonds is 2. The van der Waals surface area contributed by atoms with Crippen molar-refractivity contribution in [1.82, 2.24) is 9.80 Å². The molecule has 17 heavy (non-hydrogen) atoms. The predicted molar refractivity (Wildman–Crippen MR) is 76.8 cm³/mol. The molecule has 92 valence electrons. The molecule has 4 heteroatoms.